The van der Waals surface area contributed by atoms with E-state index in [4.69, 9.17) is 0 Å². The van der Waals surface area contributed by atoms with E-state index >= 15 is 0 Å². The molecule has 92 valence electrons. The molecule has 1 heterocycles. The molecule has 1 aliphatic heterocycles. The van der Waals surface area contributed by atoms with E-state index in [-0.39, 0.29) is 5.91 Å². The largest absolute Gasteiger partial charge is 0.271 e. The molecular formula is C16H12N2O. The quantitative estimate of drug-likeness (QED) is 0.793. The number of hydrogen-bond donors (Lipinski definition) is 0. The third-order valence-electron chi connectivity index (χ3n) is 3.04. The van der Waals surface area contributed by atoms with Gasteiger partial charge in [-0.2, -0.15) is 0 Å². The predicted molar refractivity (Wildman–Crippen MR) is 74.2 cm³/mol. The molecule has 1 aliphatic rings. The molecule has 0 N–H and O–H groups in total. The van der Waals surface area contributed by atoms with Gasteiger partial charge >= 0.3 is 0 Å². The molecule has 19 heavy (non-hydrogen) atoms. The van der Waals surface area contributed by atoms with Crippen LogP contribution in [-0.4, -0.2) is 5.91 Å². The van der Waals surface area contributed by atoms with Gasteiger partial charge in [-0.05, 0) is 11.1 Å². The molecule has 0 bridgehead atoms. The highest BCUT2D eigenvalue weighted by Gasteiger charge is 2.19. The van der Waals surface area contributed by atoms with Gasteiger partial charge < -0.3 is 0 Å². The summed E-state index contributed by atoms with van der Waals surface area (Å²) in [4.78, 5) is 11.5. The van der Waals surface area contributed by atoms with Crippen LogP contribution in [0.4, 0.5) is 0 Å². The second-order valence-corrected chi connectivity index (χ2v) is 4.33. The molecule has 1 amide bonds. The van der Waals surface area contributed by atoms with Crippen LogP contribution in [0.1, 0.15) is 17.5 Å². The lowest BCUT2D eigenvalue weighted by Crippen LogP contribution is -2.03. The molecule has 0 saturated heterocycles. The first-order valence-electron chi connectivity index (χ1n) is 6.13. The highest BCUT2D eigenvalue weighted by atomic mass is 16.1. The fourth-order valence-electron chi connectivity index (χ4n) is 2.14. The molecule has 3 heteroatoms. The van der Waals surface area contributed by atoms with Crippen molar-refractivity contribution in [1.29, 1.82) is 0 Å². The summed E-state index contributed by atoms with van der Waals surface area (Å²) in [6.45, 7) is 0. The van der Waals surface area contributed by atoms with Crippen molar-refractivity contribution in [2.24, 2.45) is 10.2 Å². The van der Waals surface area contributed by atoms with Crippen molar-refractivity contribution in [2.45, 2.75) is 6.42 Å². The Balaban J connectivity index is 2.16. The summed E-state index contributed by atoms with van der Waals surface area (Å²) in [7, 11) is 0. The van der Waals surface area contributed by atoms with Gasteiger partial charge in [0.25, 0.3) is 5.91 Å². The molecular weight excluding hydrogens is 236 g/mol. The molecule has 0 atom stereocenters. The van der Waals surface area contributed by atoms with Crippen LogP contribution in [0.3, 0.4) is 0 Å². The third-order valence-corrected chi connectivity index (χ3v) is 3.04. The number of carbonyl (C=O) groups is 1. The zero-order chi connectivity index (χ0) is 13.1. The Bertz CT molecular complexity index is 658. The standard InChI is InChI=1S/C16H12N2O/c19-15-11-14(12-7-3-1-4-8-12)16(18-17-15)13-9-5-2-6-10-13/h1-10H,11H2. The van der Waals surface area contributed by atoms with Crippen molar-refractivity contribution >= 4 is 17.2 Å². The van der Waals surface area contributed by atoms with Gasteiger partial charge in [-0.3, -0.25) is 4.79 Å². The van der Waals surface area contributed by atoms with Gasteiger partial charge in [-0.1, -0.05) is 60.7 Å². The number of rotatable bonds is 2. The summed E-state index contributed by atoms with van der Waals surface area (Å²) in [5.74, 6) is -0.196. The van der Waals surface area contributed by atoms with E-state index in [0.717, 1.165) is 22.4 Å². The molecule has 0 saturated carbocycles. The first kappa shape index (κ1) is 11.5. The van der Waals surface area contributed by atoms with Crippen LogP contribution in [0.15, 0.2) is 70.9 Å². The molecule has 0 unspecified atom stereocenters. The summed E-state index contributed by atoms with van der Waals surface area (Å²) >= 11 is 0. The Morgan fingerprint density at radius 1 is 0.737 bits per heavy atom. The lowest BCUT2D eigenvalue weighted by Gasteiger charge is -2.14. The van der Waals surface area contributed by atoms with Crippen molar-refractivity contribution in [3.05, 3.63) is 71.8 Å². The predicted octanol–water partition coefficient (Wildman–Crippen LogP) is 3.94. The van der Waals surface area contributed by atoms with Crippen LogP contribution in [0.5, 0.6) is 0 Å². The minimum Gasteiger partial charge on any atom is -0.271 e. The molecule has 0 fully saturated rings. The zero-order valence-corrected chi connectivity index (χ0v) is 10.3. The number of nitrogens with zero attached hydrogens (tertiary/aromatic N) is 2. The van der Waals surface area contributed by atoms with Gasteiger partial charge in [0.15, 0.2) is 0 Å². The Labute approximate surface area is 111 Å². The Morgan fingerprint density at radius 3 is 1.95 bits per heavy atom. The van der Waals surface area contributed by atoms with Crippen LogP contribution in [0.25, 0.3) is 11.3 Å². The molecule has 0 aliphatic carbocycles. The second kappa shape index (κ2) is 4.98. The lowest BCUT2D eigenvalue weighted by atomic mass is 9.96. The van der Waals surface area contributed by atoms with Crippen molar-refractivity contribution < 1.29 is 4.79 Å². The molecule has 3 rings (SSSR count). The van der Waals surface area contributed by atoms with Gasteiger partial charge in [0, 0.05) is 5.56 Å². The lowest BCUT2D eigenvalue weighted by molar-refractivity contribution is -0.117. The van der Waals surface area contributed by atoms with Crippen LogP contribution >= 0.6 is 0 Å². The number of benzene rings is 2. The molecule has 2 aromatic rings. The van der Waals surface area contributed by atoms with E-state index in [2.05, 4.69) is 10.2 Å². The maximum atomic E-state index is 11.5. The summed E-state index contributed by atoms with van der Waals surface area (Å²) in [6.07, 6.45) is 0.303. The van der Waals surface area contributed by atoms with Crippen molar-refractivity contribution in [2.75, 3.05) is 0 Å². The maximum absolute atomic E-state index is 11.5. The molecule has 0 spiro atoms. The van der Waals surface area contributed by atoms with Crippen molar-refractivity contribution in [1.82, 2.24) is 0 Å². The summed E-state index contributed by atoms with van der Waals surface area (Å²) in [5, 5.41) is 7.79. The fourth-order valence-corrected chi connectivity index (χ4v) is 2.14. The first-order valence-corrected chi connectivity index (χ1v) is 6.13. The van der Waals surface area contributed by atoms with Crippen LogP contribution in [0, 0.1) is 0 Å². The molecule has 2 aromatic carbocycles. The fraction of sp³-hybridized carbons (Fsp3) is 0.0625. The monoisotopic (exact) mass is 248 g/mol. The van der Waals surface area contributed by atoms with Crippen LogP contribution in [0.2, 0.25) is 0 Å². The molecule has 3 nitrogen and oxygen atoms in total. The number of carbonyl (C=O) groups excluding carboxylic acids is 1. The maximum Gasteiger partial charge on any atom is 0.269 e. The van der Waals surface area contributed by atoms with Gasteiger partial charge in [-0.25, -0.2) is 0 Å². The highest BCUT2D eigenvalue weighted by Crippen LogP contribution is 2.33. The average molecular weight is 248 g/mol. The SMILES string of the molecule is O=C1CC(c2ccccc2)=C(c2ccccc2)N=N1. The van der Waals surface area contributed by atoms with E-state index in [9.17, 15) is 4.79 Å². The molecule has 0 aromatic heterocycles. The molecule has 0 radical (unpaired) electrons. The Morgan fingerprint density at radius 2 is 1.32 bits per heavy atom. The van der Waals surface area contributed by atoms with Crippen LogP contribution < -0.4 is 0 Å². The van der Waals surface area contributed by atoms with Gasteiger partial charge in [0.2, 0.25) is 0 Å². The minimum absolute atomic E-state index is 0.196. The van der Waals surface area contributed by atoms with E-state index in [0.29, 0.717) is 6.42 Å². The summed E-state index contributed by atoms with van der Waals surface area (Å²) < 4.78 is 0. The number of azo groups is 1. The van der Waals surface area contributed by atoms with E-state index in [1.54, 1.807) is 0 Å². The minimum atomic E-state index is -0.196. The second-order valence-electron chi connectivity index (χ2n) is 4.33. The Hall–Kier alpha value is -2.55. The normalized spacial score (nSPS) is 14.8. The van der Waals surface area contributed by atoms with E-state index in [1.807, 2.05) is 60.7 Å². The first-order chi connectivity index (χ1) is 9.34. The topological polar surface area (TPSA) is 41.8 Å². The van der Waals surface area contributed by atoms with Gasteiger partial charge in [-0.15, -0.1) is 10.2 Å². The summed E-state index contributed by atoms with van der Waals surface area (Å²) in [6, 6.07) is 19.7. The van der Waals surface area contributed by atoms with E-state index < -0.39 is 0 Å². The van der Waals surface area contributed by atoms with Crippen molar-refractivity contribution in [3.63, 3.8) is 0 Å². The summed E-state index contributed by atoms with van der Waals surface area (Å²) in [5.41, 5.74) is 3.73. The van der Waals surface area contributed by atoms with Crippen molar-refractivity contribution in [3.8, 4) is 0 Å². The third kappa shape index (κ3) is 2.36. The smallest absolute Gasteiger partial charge is 0.269 e. The van der Waals surface area contributed by atoms with E-state index in [1.165, 1.54) is 0 Å². The number of amides is 1. The van der Waals surface area contributed by atoms with Crippen LogP contribution in [-0.2, 0) is 4.79 Å². The Kier molecular flexibility index (Phi) is 3.02. The zero-order valence-electron chi connectivity index (χ0n) is 10.3. The number of hydrogen-bond acceptors (Lipinski definition) is 2. The highest BCUT2D eigenvalue weighted by molar-refractivity contribution is 6.01. The van der Waals surface area contributed by atoms with Gasteiger partial charge in [0.1, 0.15) is 0 Å². The average Bonchev–Trinajstić information content (AvgIpc) is 2.49. The van der Waals surface area contributed by atoms with Gasteiger partial charge in [0.05, 0.1) is 12.1 Å².